The zero-order valence-electron chi connectivity index (χ0n) is 10.8. The summed E-state index contributed by atoms with van der Waals surface area (Å²) in [4.78, 5) is 14.0. The van der Waals surface area contributed by atoms with Crippen molar-refractivity contribution in [2.45, 2.75) is 45.3 Å². The SMILES string of the molecule is COC(C)(C)CC(=O)N1CCC(C)C1CN. The number of methoxy groups -OCH3 is 1. The van der Waals surface area contributed by atoms with Crippen molar-refractivity contribution in [3.63, 3.8) is 0 Å². The zero-order chi connectivity index (χ0) is 12.3. The van der Waals surface area contributed by atoms with Gasteiger partial charge in [-0.15, -0.1) is 0 Å². The van der Waals surface area contributed by atoms with Gasteiger partial charge in [0.05, 0.1) is 12.0 Å². The smallest absolute Gasteiger partial charge is 0.225 e. The molecule has 1 rings (SSSR count). The van der Waals surface area contributed by atoms with Crippen LogP contribution in [0.3, 0.4) is 0 Å². The van der Waals surface area contributed by atoms with Crippen molar-refractivity contribution < 1.29 is 9.53 Å². The first-order chi connectivity index (χ1) is 7.41. The van der Waals surface area contributed by atoms with Crippen molar-refractivity contribution in [1.82, 2.24) is 4.90 Å². The molecule has 1 heterocycles. The van der Waals surface area contributed by atoms with Crippen molar-refractivity contribution in [3.8, 4) is 0 Å². The Morgan fingerprint density at radius 2 is 2.19 bits per heavy atom. The molecular weight excluding hydrogens is 204 g/mol. The van der Waals surface area contributed by atoms with E-state index in [1.165, 1.54) is 0 Å². The van der Waals surface area contributed by atoms with E-state index in [2.05, 4.69) is 6.92 Å². The van der Waals surface area contributed by atoms with Gasteiger partial charge in [0, 0.05) is 26.2 Å². The lowest BCUT2D eigenvalue weighted by Crippen LogP contribution is -2.44. The van der Waals surface area contributed by atoms with Crippen molar-refractivity contribution in [1.29, 1.82) is 0 Å². The van der Waals surface area contributed by atoms with Crippen molar-refractivity contribution in [3.05, 3.63) is 0 Å². The molecule has 94 valence electrons. The summed E-state index contributed by atoms with van der Waals surface area (Å²) in [7, 11) is 1.64. The topological polar surface area (TPSA) is 55.6 Å². The van der Waals surface area contributed by atoms with E-state index < -0.39 is 0 Å². The number of likely N-dealkylation sites (tertiary alicyclic amines) is 1. The highest BCUT2D eigenvalue weighted by atomic mass is 16.5. The predicted molar refractivity (Wildman–Crippen MR) is 64.0 cm³/mol. The lowest BCUT2D eigenvalue weighted by Gasteiger charge is -2.30. The largest absolute Gasteiger partial charge is 0.378 e. The van der Waals surface area contributed by atoms with Crippen LogP contribution in [0.15, 0.2) is 0 Å². The van der Waals surface area contributed by atoms with E-state index in [1.807, 2.05) is 18.7 Å². The van der Waals surface area contributed by atoms with Crippen LogP contribution in [0.5, 0.6) is 0 Å². The van der Waals surface area contributed by atoms with Crippen molar-refractivity contribution in [2.24, 2.45) is 11.7 Å². The van der Waals surface area contributed by atoms with Gasteiger partial charge in [0.1, 0.15) is 0 Å². The monoisotopic (exact) mass is 228 g/mol. The molecule has 4 heteroatoms. The van der Waals surface area contributed by atoms with Gasteiger partial charge in [0.25, 0.3) is 0 Å². The normalized spacial score (nSPS) is 26.2. The number of rotatable bonds is 4. The maximum atomic E-state index is 12.1. The van der Waals surface area contributed by atoms with Crippen LogP contribution in [-0.2, 0) is 9.53 Å². The number of carbonyl (C=O) groups excluding carboxylic acids is 1. The first kappa shape index (κ1) is 13.5. The quantitative estimate of drug-likeness (QED) is 0.781. The predicted octanol–water partition coefficient (Wildman–Crippen LogP) is 0.997. The molecule has 4 nitrogen and oxygen atoms in total. The van der Waals surface area contributed by atoms with Crippen LogP contribution in [-0.4, -0.2) is 42.6 Å². The lowest BCUT2D eigenvalue weighted by molar-refractivity contribution is -0.137. The van der Waals surface area contributed by atoms with Crippen LogP contribution < -0.4 is 5.73 Å². The van der Waals surface area contributed by atoms with Gasteiger partial charge in [0.15, 0.2) is 0 Å². The third-order valence-electron chi connectivity index (χ3n) is 3.57. The molecule has 0 aromatic rings. The average molecular weight is 228 g/mol. The average Bonchev–Trinajstić information content (AvgIpc) is 2.59. The molecule has 0 bridgehead atoms. The number of amides is 1. The molecule has 2 atom stereocenters. The van der Waals surface area contributed by atoms with Crippen molar-refractivity contribution in [2.75, 3.05) is 20.2 Å². The van der Waals surface area contributed by atoms with E-state index in [-0.39, 0.29) is 17.6 Å². The van der Waals surface area contributed by atoms with Gasteiger partial charge in [-0.25, -0.2) is 0 Å². The first-order valence-electron chi connectivity index (χ1n) is 5.96. The van der Waals surface area contributed by atoms with E-state index >= 15 is 0 Å². The third kappa shape index (κ3) is 2.95. The van der Waals surface area contributed by atoms with Gasteiger partial charge in [-0.1, -0.05) is 6.92 Å². The molecule has 2 unspecified atom stereocenters. The summed E-state index contributed by atoms with van der Waals surface area (Å²) < 4.78 is 5.28. The van der Waals surface area contributed by atoms with E-state index in [9.17, 15) is 4.79 Å². The Labute approximate surface area is 98.1 Å². The van der Waals surface area contributed by atoms with E-state index in [0.29, 0.717) is 18.9 Å². The summed E-state index contributed by atoms with van der Waals surface area (Å²) in [5, 5.41) is 0. The number of carbonyl (C=O) groups is 1. The second kappa shape index (κ2) is 5.15. The second-order valence-electron chi connectivity index (χ2n) is 5.30. The Morgan fingerprint density at radius 1 is 1.56 bits per heavy atom. The highest BCUT2D eigenvalue weighted by Gasteiger charge is 2.35. The molecule has 1 aliphatic rings. The number of ether oxygens (including phenoxy) is 1. The summed E-state index contributed by atoms with van der Waals surface area (Å²) in [5.41, 5.74) is 5.34. The molecule has 1 saturated heterocycles. The Kier molecular flexibility index (Phi) is 4.33. The van der Waals surface area contributed by atoms with Gasteiger partial charge in [-0.05, 0) is 26.2 Å². The molecule has 0 aromatic heterocycles. The minimum Gasteiger partial charge on any atom is -0.378 e. The zero-order valence-corrected chi connectivity index (χ0v) is 10.8. The molecule has 0 aromatic carbocycles. The third-order valence-corrected chi connectivity index (χ3v) is 3.57. The van der Waals surface area contributed by atoms with E-state index in [0.717, 1.165) is 13.0 Å². The molecule has 2 N–H and O–H groups in total. The number of hydrogen-bond donors (Lipinski definition) is 1. The Morgan fingerprint density at radius 3 is 2.69 bits per heavy atom. The molecule has 1 aliphatic heterocycles. The minimum absolute atomic E-state index is 0.159. The summed E-state index contributed by atoms with van der Waals surface area (Å²) in [6, 6.07) is 0.208. The fraction of sp³-hybridized carbons (Fsp3) is 0.917. The number of nitrogens with zero attached hydrogens (tertiary/aromatic N) is 1. The molecule has 0 radical (unpaired) electrons. The van der Waals surface area contributed by atoms with Crippen LogP contribution in [0.25, 0.3) is 0 Å². The van der Waals surface area contributed by atoms with Gasteiger partial charge < -0.3 is 15.4 Å². The molecule has 0 saturated carbocycles. The fourth-order valence-electron chi connectivity index (χ4n) is 2.22. The summed E-state index contributed by atoms with van der Waals surface area (Å²) in [6.07, 6.45) is 1.48. The summed E-state index contributed by atoms with van der Waals surface area (Å²) in [5.74, 6) is 0.672. The molecule has 1 amide bonds. The van der Waals surface area contributed by atoms with E-state index in [4.69, 9.17) is 10.5 Å². The second-order valence-corrected chi connectivity index (χ2v) is 5.30. The Hall–Kier alpha value is -0.610. The maximum Gasteiger partial charge on any atom is 0.225 e. The maximum absolute atomic E-state index is 12.1. The Bertz CT molecular complexity index is 253. The molecule has 1 fully saturated rings. The van der Waals surface area contributed by atoms with Crippen LogP contribution in [0.2, 0.25) is 0 Å². The summed E-state index contributed by atoms with van der Waals surface area (Å²) >= 11 is 0. The van der Waals surface area contributed by atoms with Crippen LogP contribution in [0.4, 0.5) is 0 Å². The fourth-order valence-corrected chi connectivity index (χ4v) is 2.22. The molecule has 0 spiro atoms. The summed E-state index contributed by atoms with van der Waals surface area (Å²) in [6.45, 7) is 7.41. The van der Waals surface area contributed by atoms with Gasteiger partial charge in [0.2, 0.25) is 5.91 Å². The van der Waals surface area contributed by atoms with Crippen LogP contribution >= 0.6 is 0 Å². The highest BCUT2D eigenvalue weighted by Crippen LogP contribution is 2.25. The van der Waals surface area contributed by atoms with Crippen LogP contribution in [0.1, 0.15) is 33.6 Å². The standard InChI is InChI=1S/C12H24N2O2/c1-9-5-6-14(10(9)8-13)11(15)7-12(2,3)16-4/h9-10H,5-8,13H2,1-4H3. The van der Waals surface area contributed by atoms with Gasteiger partial charge in [-0.2, -0.15) is 0 Å². The Balaban J connectivity index is 2.61. The van der Waals surface area contributed by atoms with Gasteiger partial charge in [-0.3, -0.25) is 4.79 Å². The highest BCUT2D eigenvalue weighted by molar-refractivity contribution is 5.78. The first-order valence-corrected chi connectivity index (χ1v) is 5.96. The molecule has 16 heavy (non-hydrogen) atoms. The lowest BCUT2D eigenvalue weighted by atomic mass is 10.0. The number of nitrogens with two attached hydrogens (primary N) is 1. The van der Waals surface area contributed by atoms with Crippen molar-refractivity contribution >= 4 is 5.91 Å². The van der Waals surface area contributed by atoms with Crippen LogP contribution in [0, 0.1) is 5.92 Å². The van der Waals surface area contributed by atoms with E-state index in [1.54, 1.807) is 7.11 Å². The number of hydrogen-bond acceptors (Lipinski definition) is 3. The minimum atomic E-state index is -0.387. The molecule has 0 aliphatic carbocycles. The molecular formula is C12H24N2O2. The van der Waals surface area contributed by atoms with Gasteiger partial charge >= 0.3 is 0 Å².